The summed E-state index contributed by atoms with van der Waals surface area (Å²) in [6.07, 6.45) is 1.88. The molecule has 0 unspecified atom stereocenters. The van der Waals surface area contributed by atoms with E-state index in [0.717, 1.165) is 25.9 Å². The molecule has 32 heavy (non-hydrogen) atoms. The number of nitrogens with one attached hydrogen (secondary N) is 1. The van der Waals surface area contributed by atoms with Gasteiger partial charge in [0.2, 0.25) is 0 Å². The minimum atomic E-state index is -0.922. The lowest BCUT2D eigenvalue weighted by atomic mass is 9.88. The minimum Gasteiger partial charge on any atom is -0.436 e. The van der Waals surface area contributed by atoms with Crippen molar-refractivity contribution in [3.63, 3.8) is 0 Å². The summed E-state index contributed by atoms with van der Waals surface area (Å²) < 4.78 is 11.1. The summed E-state index contributed by atoms with van der Waals surface area (Å²) in [5.41, 5.74) is 1.67. The summed E-state index contributed by atoms with van der Waals surface area (Å²) in [5.74, 6) is -0.148. The van der Waals surface area contributed by atoms with Gasteiger partial charge in [0, 0.05) is 26.2 Å². The number of piperidine rings is 1. The fourth-order valence-corrected chi connectivity index (χ4v) is 4.85. The van der Waals surface area contributed by atoms with Gasteiger partial charge in [-0.15, -0.1) is 0 Å². The van der Waals surface area contributed by atoms with Gasteiger partial charge in [0.15, 0.2) is 6.10 Å². The number of morpholine rings is 1. The van der Waals surface area contributed by atoms with Crippen LogP contribution in [0.15, 0.2) is 24.3 Å². The summed E-state index contributed by atoms with van der Waals surface area (Å²) in [5, 5.41) is 12.8. The number of nitriles is 1. The van der Waals surface area contributed by atoms with Crippen molar-refractivity contribution in [1.82, 2.24) is 15.1 Å². The van der Waals surface area contributed by atoms with Crippen molar-refractivity contribution >= 4 is 12.0 Å². The third-order valence-corrected chi connectivity index (χ3v) is 6.90. The van der Waals surface area contributed by atoms with Crippen molar-refractivity contribution in [2.75, 3.05) is 46.4 Å². The molecule has 0 saturated carbocycles. The number of rotatable bonds is 5. The molecular weight excluding hydrogens is 408 g/mol. The Morgan fingerprint density at radius 2 is 1.81 bits per heavy atom. The van der Waals surface area contributed by atoms with Crippen LogP contribution in [-0.4, -0.2) is 79.9 Å². The molecule has 0 bridgehead atoms. The van der Waals surface area contributed by atoms with Gasteiger partial charge in [-0.2, -0.15) is 5.26 Å². The van der Waals surface area contributed by atoms with Crippen molar-refractivity contribution in [2.45, 2.75) is 43.7 Å². The highest BCUT2D eigenvalue weighted by atomic mass is 16.6. The third-order valence-electron chi connectivity index (χ3n) is 6.90. The average Bonchev–Trinajstić information content (AvgIpc) is 3.23. The van der Waals surface area contributed by atoms with Gasteiger partial charge in [-0.1, -0.05) is 24.3 Å². The van der Waals surface area contributed by atoms with E-state index in [-0.39, 0.29) is 11.8 Å². The van der Waals surface area contributed by atoms with Crippen LogP contribution >= 0.6 is 0 Å². The zero-order valence-electron chi connectivity index (χ0n) is 18.7. The molecule has 2 aliphatic heterocycles. The molecule has 2 saturated heterocycles. The van der Waals surface area contributed by atoms with E-state index >= 15 is 0 Å². The lowest BCUT2D eigenvalue weighted by Gasteiger charge is -2.37. The SMILES string of the molecule is CN1CCC(C#N)(NC(=O)[C@H](CC2Cc3ccccc3C2)OC(=O)N2CCOCC2)CC1. The summed E-state index contributed by atoms with van der Waals surface area (Å²) in [4.78, 5) is 29.9. The number of fused-ring (bicyclic) bond motifs is 1. The Labute approximate surface area is 189 Å². The number of nitrogens with zero attached hydrogens (tertiary/aromatic N) is 3. The highest BCUT2D eigenvalue weighted by Crippen LogP contribution is 2.31. The van der Waals surface area contributed by atoms with E-state index in [2.05, 4.69) is 28.4 Å². The lowest BCUT2D eigenvalue weighted by Crippen LogP contribution is -2.57. The summed E-state index contributed by atoms with van der Waals surface area (Å²) >= 11 is 0. The fourth-order valence-electron chi connectivity index (χ4n) is 4.85. The quantitative estimate of drug-likeness (QED) is 0.749. The molecule has 1 aromatic carbocycles. The maximum atomic E-state index is 13.3. The second kappa shape index (κ2) is 9.88. The van der Waals surface area contributed by atoms with E-state index in [1.807, 2.05) is 19.2 Å². The Hall–Kier alpha value is -2.63. The monoisotopic (exact) mass is 440 g/mol. The van der Waals surface area contributed by atoms with Gasteiger partial charge < -0.3 is 24.6 Å². The zero-order chi connectivity index (χ0) is 22.6. The summed E-state index contributed by atoms with van der Waals surface area (Å²) in [6, 6.07) is 10.6. The largest absolute Gasteiger partial charge is 0.436 e. The van der Waals surface area contributed by atoms with E-state index in [4.69, 9.17) is 9.47 Å². The van der Waals surface area contributed by atoms with Crippen LogP contribution in [0.5, 0.6) is 0 Å². The Morgan fingerprint density at radius 3 is 2.41 bits per heavy atom. The van der Waals surface area contributed by atoms with E-state index < -0.39 is 17.7 Å². The molecule has 2 heterocycles. The van der Waals surface area contributed by atoms with E-state index in [1.165, 1.54) is 11.1 Å². The third kappa shape index (κ3) is 5.22. The normalized spacial score (nSPS) is 21.9. The Morgan fingerprint density at radius 1 is 1.19 bits per heavy atom. The number of carbonyl (C=O) groups is 2. The number of carbonyl (C=O) groups excluding carboxylic acids is 2. The maximum Gasteiger partial charge on any atom is 0.410 e. The van der Waals surface area contributed by atoms with Gasteiger partial charge >= 0.3 is 6.09 Å². The van der Waals surface area contributed by atoms with Crippen molar-refractivity contribution in [3.05, 3.63) is 35.4 Å². The number of benzene rings is 1. The molecular formula is C24H32N4O4. The number of hydrogen-bond acceptors (Lipinski definition) is 6. The van der Waals surface area contributed by atoms with E-state index in [9.17, 15) is 14.9 Å². The number of likely N-dealkylation sites (tertiary alicyclic amines) is 1. The summed E-state index contributed by atoms with van der Waals surface area (Å²) in [7, 11) is 2.01. The molecule has 0 aromatic heterocycles. The first-order valence-electron chi connectivity index (χ1n) is 11.5. The van der Waals surface area contributed by atoms with Crippen LogP contribution in [0.3, 0.4) is 0 Å². The highest BCUT2D eigenvalue weighted by molar-refractivity contribution is 5.84. The molecule has 4 rings (SSSR count). The fraction of sp³-hybridized carbons (Fsp3) is 0.625. The van der Waals surface area contributed by atoms with Crippen LogP contribution < -0.4 is 5.32 Å². The topological polar surface area (TPSA) is 94.9 Å². The molecule has 172 valence electrons. The van der Waals surface area contributed by atoms with Gasteiger partial charge in [0.05, 0.1) is 19.3 Å². The van der Waals surface area contributed by atoms with Crippen molar-refractivity contribution in [3.8, 4) is 6.07 Å². The van der Waals surface area contributed by atoms with Gasteiger partial charge in [0.25, 0.3) is 5.91 Å². The van der Waals surface area contributed by atoms with Crippen LogP contribution in [-0.2, 0) is 27.1 Å². The lowest BCUT2D eigenvalue weighted by molar-refractivity contribution is -0.133. The molecule has 2 fully saturated rings. The molecule has 8 nitrogen and oxygen atoms in total. The molecule has 1 N–H and O–H groups in total. The molecule has 1 aliphatic carbocycles. The zero-order valence-corrected chi connectivity index (χ0v) is 18.7. The predicted molar refractivity (Wildman–Crippen MR) is 118 cm³/mol. The number of ether oxygens (including phenoxy) is 2. The Bertz CT molecular complexity index is 844. The highest BCUT2D eigenvalue weighted by Gasteiger charge is 2.39. The molecule has 1 atom stereocenters. The second-order valence-electron chi connectivity index (χ2n) is 9.24. The molecule has 0 radical (unpaired) electrons. The molecule has 1 aromatic rings. The van der Waals surface area contributed by atoms with E-state index in [0.29, 0.717) is 45.6 Å². The van der Waals surface area contributed by atoms with Crippen LogP contribution in [0.2, 0.25) is 0 Å². The number of hydrogen-bond donors (Lipinski definition) is 1. The first kappa shape index (κ1) is 22.6. The van der Waals surface area contributed by atoms with Crippen LogP contribution in [0.1, 0.15) is 30.4 Å². The van der Waals surface area contributed by atoms with Gasteiger partial charge in [0.1, 0.15) is 5.54 Å². The van der Waals surface area contributed by atoms with Gasteiger partial charge in [-0.05, 0) is 56.2 Å². The molecule has 8 heteroatoms. The van der Waals surface area contributed by atoms with Gasteiger partial charge in [-0.25, -0.2) is 4.79 Å². The number of amides is 2. The Balaban J connectivity index is 1.45. The van der Waals surface area contributed by atoms with Crippen LogP contribution in [0.4, 0.5) is 4.79 Å². The molecule has 3 aliphatic rings. The smallest absolute Gasteiger partial charge is 0.410 e. The first-order chi connectivity index (χ1) is 15.5. The van der Waals surface area contributed by atoms with E-state index in [1.54, 1.807) is 4.90 Å². The summed E-state index contributed by atoms with van der Waals surface area (Å²) in [6.45, 7) is 3.32. The van der Waals surface area contributed by atoms with Crippen molar-refractivity contribution in [2.24, 2.45) is 5.92 Å². The molecule has 0 spiro atoms. The van der Waals surface area contributed by atoms with Crippen molar-refractivity contribution < 1.29 is 19.1 Å². The average molecular weight is 441 g/mol. The van der Waals surface area contributed by atoms with Crippen LogP contribution in [0, 0.1) is 17.2 Å². The standard InChI is InChI=1S/C24H32N4O4/c1-27-8-6-24(17-25,7-9-27)26-22(29)21(32-23(30)28-10-12-31-13-11-28)16-18-14-19-4-2-3-5-20(19)15-18/h2-5,18,21H,6-16H2,1H3,(H,26,29)/t21-/m0/s1. The first-order valence-corrected chi connectivity index (χ1v) is 11.5. The maximum absolute atomic E-state index is 13.3. The van der Waals surface area contributed by atoms with Gasteiger partial charge in [-0.3, -0.25) is 4.79 Å². The minimum absolute atomic E-state index is 0.219. The molecule has 2 amide bonds. The van der Waals surface area contributed by atoms with Crippen molar-refractivity contribution in [1.29, 1.82) is 5.26 Å². The van der Waals surface area contributed by atoms with Crippen LogP contribution in [0.25, 0.3) is 0 Å². The predicted octanol–water partition coefficient (Wildman–Crippen LogP) is 1.73. The second-order valence-corrected chi connectivity index (χ2v) is 9.24. The Kier molecular flexibility index (Phi) is 6.97.